The molecule has 0 heterocycles. The Morgan fingerprint density at radius 1 is 1.86 bits per heavy atom. The van der Waals surface area contributed by atoms with E-state index in [0.717, 1.165) is 0 Å². The Balaban J connectivity index is 3.34. The van der Waals surface area contributed by atoms with Crippen molar-refractivity contribution in [2.75, 3.05) is 0 Å². The third kappa shape index (κ3) is 3.15. The Hall–Kier alpha value is 0.540. The van der Waals surface area contributed by atoms with E-state index in [2.05, 4.69) is 0 Å². The van der Waals surface area contributed by atoms with Crippen LogP contribution < -0.4 is 5.73 Å². The number of hydrogen-bond donors (Lipinski definition) is 3. The van der Waals surface area contributed by atoms with Gasteiger partial charge in [0.1, 0.15) is 5.52 Å². The maximum absolute atomic E-state index is 9.84. The van der Waals surface area contributed by atoms with Gasteiger partial charge in [0.15, 0.2) is 0 Å². The van der Waals surface area contributed by atoms with E-state index < -0.39 is 22.4 Å². The van der Waals surface area contributed by atoms with E-state index in [0.29, 0.717) is 0 Å². The lowest BCUT2D eigenvalue weighted by atomic mass is 11.5. The molecular weight excluding hydrogens is 136 g/mol. The molecule has 0 aromatic rings. The van der Waals surface area contributed by atoms with Gasteiger partial charge in [0, 0.05) is 8.81 Å². The summed E-state index contributed by atoms with van der Waals surface area (Å²) in [6.07, 6.45) is 0. The quantitative estimate of drug-likeness (QED) is 0.445. The molecule has 0 aromatic heterocycles. The molecule has 0 saturated heterocycles. The summed E-state index contributed by atoms with van der Waals surface area (Å²) in [5, 5.41) is 0. The molecule has 3 atom stereocenters. The molecule has 0 rings (SSSR count). The topological polar surface area (TPSA) is 83.5 Å². The van der Waals surface area contributed by atoms with Crippen LogP contribution in [0.4, 0.5) is 0 Å². The highest BCUT2D eigenvalue weighted by Crippen LogP contribution is 2.28. The monoisotopic (exact) mass is 143 g/mol. The van der Waals surface area contributed by atoms with E-state index in [1.54, 1.807) is 0 Å². The zero-order chi connectivity index (χ0) is 5.86. The SMILES string of the molecule is NC(PO)[PH](=O)O. The lowest BCUT2D eigenvalue weighted by Gasteiger charge is -1.98. The molecule has 4 N–H and O–H groups in total. The van der Waals surface area contributed by atoms with Gasteiger partial charge in [-0.1, -0.05) is 0 Å². The lowest BCUT2D eigenvalue weighted by Crippen LogP contribution is -2.06. The molecule has 0 spiro atoms. The minimum atomic E-state index is -2.67. The summed E-state index contributed by atoms with van der Waals surface area (Å²) < 4.78 is 9.84. The maximum atomic E-state index is 9.84. The minimum absolute atomic E-state index is 0.628. The van der Waals surface area contributed by atoms with E-state index in [1.807, 2.05) is 0 Å². The van der Waals surface area contributed by atoms with E-state index in [-0.39, 0.29) is 0 Å². The summed E-state index contributed by atoms with van der Waals surface area (Å²) in [6.45, 7) is 0. The standard InChI is InChI=1S/CH7NO3P2/c2-1(6-3)7(4)5/h1,3,6-7H,2H2,(H,4,5). The van der Waals surface area contributed by atoms with Crippen LogP contribution in [0.3, 0.4) is 0 Å². The first kappa shape index (κ1) is 7.54. The van der Waals surface area contributed by atoms with Gasteiger partial charge in [-0.25, -0.2) is 0 Å². The van der Waals surface area contributed by atoms with Crippen LogP contribution in [-0.2, 0) is 4.57 Å². The molecule has 0 bridgehead atoms. The predicted molar refractivity (Wildman–Crippen MR) is 29.7 cm³/mol. The summed E-state index contributed by atoms with van der Waals surface area (Å²) >= 11 is 0. The second-order valence-electron chi connectivity index (χ2n) is 0.945. The van der Waals surface area contributed by atoms with Gasteiger partial charge in [0.25, 0.3) is 0 Å². The zero-order valence-corrected chi connectivity index (χ0v) is 5.46. The van der Waals surface area contributed by atoms with E-state index >= 15 is 0 Å². The van der Waals surface area contributed by atoms with Gasteiger partial charge in [0.05, 0.1) is 0 Å². The lowest BCUT2D eigenvalue weighted by molar-refractivity contribution is 0.498. The van der Waals surface area contributed by atoms with Gasteiger partial charge >= 0.3 is 0 Å². The second-order valence-corrected chi connectivity index (χ2v) is 3.70. The number of hydrogen-bond acceptors (Lipinski definition) is 3. The molecule has 0 aliphatic rings. The Bertz CT molecular complexity index is 75.3. The van der Waals surface area contributed by atoms with Crippen LogP contribution >= 0.6 is 16.8 Å². The molecule has 6 heteroatoms. The van der Waals surface area contributed by atoms with Gasteiger partial charge in [-0.05, 0) is 0 Å². The average molecular weight is 143 g/mol. The summed E-state index contributed by atoms with van der Waals surface area (Å²) in [7, 11) is -3.30. The van der Waals surface area contributed by atoms with Crippen molar-refractivity contribution < 1.29 is 14.4 Å². The zero-order valence-electron chi connectivity index (χ0n) is 3.46. The van der Waals surface area contributed by atoms with Gasteiger partial charge in [0.2, 0.25) is 8.03 Å². The Kier molecular flexibility index (Phi) is 3.80. The molecule has 0 aromatic carbocycles. The molecule has 3 unspecified atom stereocenters. The first-order valence-corrected chi connectivity index (χ1v) is 4.02. The second kappa shape index (κ2) is 3.53. The largest absolute Gasteiger partial charge is 0.375 e. The molecule has 0 fully saturated rings. The molecule has 4 nitrogen and oxygen atoms in total. The fourth-order valence-corrected chi connectivity index (χ4v) is 0.497. The van der Waals surface area contributed by atoms with Crippen LogP contribution in [0.1, 0.15) is 0 Å². The number of rotatable bonds is 2. The molecule has 44 valence electrons. The van der Waals surface area contributed by atoms with E-state index in [1.165, 1.54) is 0 Å². The molecular formula is CH7NO3P2. The van der Waals surface area contributed by atoms with Crippen molar-refractivity contribution in [3.8, 4) is 0 Å². The van der Waals surface area contributed by atoms with E-state index in [4.69, 9.17) is 15.5 Å². The third-order valence-electron chi connectivity index (χ3n) is 0.405. The Labute approximate surface area is 43.5 Å². The first-order chi connectivity index (χ1) is 3.18. The molecule has 0 saturated carbocycles. The van der Waals surface area contributed by atoms with Crippen LogP contribution in [0, 0.1) is 0 Å². The summed E-state index contributed by atoms with van der Waals surface area (Å²) in [6, 6.07) is 0. The van der Waals surface area contributed by atoms with Gasteiger partial charge in [-0.3, -0.25) is 4.57 Å². The fraction of sp³-hybridized carbons (Fsp3) is 1.00. The third-order valence-corrected chi connectivity index (χ3v) is 2.34. The summed E-state index contributed by atoms with van der Waals surface area (Å²) in [5.74, 6) is 0. The van der Waals surface area contributed by atoms with Crippen LogP contribution in [0.25, 0.3) is 0 Å². The summed E-state index contributed by atoms with van der Waals surface area (Å²) in [5.41, 5.74) is 3.95. The van der Waals surface area contributed by atoms with Crippen molar-refractivity contribution in [2.45, 2.75) is 5.52 Å². The Morgan fingerprint density at radius 3 is 2.29 bits per heavy atom. The summed E-state index contributed by atoms with van der Waals surface area (Å²) in [4.78, 5) is 16.2. The average Bonchev–Trinajstić information content (AvgIpc) is 1.65. The van der Waals surface area contributed by atoms with E-state index in [9.17, 15) is 4.57 Å². The van der Waals surface area contributed by atoms with Crippen molar-refractivity contribution in [3.05, 3.63) is 0 Å². The fourth-order valence-electron chi connectivity index (χ4n) is 0.0552. The molecule has 7 heavy (non-hydrogen) atoms. The smallest absolute Gasteiger partial charge is 0.211 e. The highest BCUT2D eigenvalue weighted by molar-refractivity contribution is 7.54. The van der Waals surface area contributed by atoms with Crippen molar-refractivity contribution in [3.63, 3.8) is 0 Å². The van der Waals surface area contributed by atoms with Gasteiger partial charge in [-0.2, -0.15) is 0 Å². The van der Waals surface area contributed by atoms with Crippen LogP contribution in [-0.4, -0.2) is 15.3 Å². The molecule has 0 radical (unpaired) electrons. The van der Waals surface area contributed by atoms with Crippen molar-refractivity contribution in [1.29, 1.82) is 0 Å². The maximum Gasteiger partial charge on any atom is 0.211 e. The predicted octanol–water partition coefficient (Wildman–Crippen LogP) is -0.719. The normalized spacial score (nSPS) is 20.4. The highest BCUT2D eigenvalue weighted by atomic mass is 31.2. The van der Waals surface area contributed by atoms with Crippen LogP contribution in [0.15, 0.2) is 0 Å². The molecule has 0 aliphatic carbocycles. The van der Waals surface area contributed by atoms with Crippen LogP contribution in [0.5, 0.6) is 0 Å². The first-order valence-electron chi connectivity index (χ1n) is 1.56. The van der Waals surface area contributed by atoms with Gasteiger partial charge in [-0.15, -0.1) is 0 Å². The molecule has 0 amide bonds. The van der Waals surface area contributed by atoms with Crippen molar-refractivity contribution >= 4 is 16.8 Å². The Morgan fingerprint density at radius 2 is 2.29 bits per heavy atom. The van der Waals surface area contributed by atoms with Crippen molar-refractivity contribution in [2.24, 2.45) is 5.73 Å². The highest BCUT2D eigenvalue weighted by Gasteiger charge is 2.03. The van der Waals surface area contributed by atoms with Crippen LogP contribution in [0.2, 0.25) is 0 Å². The minimum Gasteiger partial charge on any atom is -0.375 e. The van der Waals surface area contributed by atoms with Gasteiger partial charge < -0.3 is 15.5 Å². The molecule has 0 aliphatic heterocycles. The van der Waals surface area contributed by atoms with Crippen molar-refractivity contribution in [1.82, 2.24) is 0 Å². The number of nitrogens with two attached hydrogens (primary N) is 1.